The molecular weight excluding hydrogens is 509 g/mol. The van der Waals surface area contributed by atoms with Crippen molar-refractivity contribution in [3.05, 3.63) is 94.0 Å². The molecule has 1 fully saturated rings. The highest BCUT2D eigenvalue weighted by Gasteiger charge is 2.41. The van der Waals surface area contributed by atoms with E-state index in [1.54, 1.807) is 42.5 Å². The van der Waals surface area contributed by atoms with Crippen molar-refractivity contribution < 1.29 is 32.2 Å². The van der Waals surface area contributed by atoms with Gasteiger partial charge in [0.25, 0.3) is 5.91 Å². The van der Waals surface area contributed by atoms with Crippen molar-refractivity contribution in [1.82, 2.24) is 10.2 Å². The first-order valence-corrected chi connectivity index (χ1v) is 11.9. The van der Waals surface area contributed by atoms with Gasteiger partial charge in [-0.15, -0.1) is 0 Å². The van der Waals surface area contributed by atoms with Crippen molar-refractivity contribution in [1.29, 1.82) is 0 Å². The van der Waals surface area contributed by atoms with Gasteiger partial charge in [0.1, 0.15) is 0 Å². The summed E-state index contributed by atoms with van der Waals surface area (Å²) in [5.74, 6) is -0.881. The molecule has 2 atom stereocenters. The molecule has 0 unspecified atom stereocenters. The highest BCUT2D eigenvalue weighted by molar-refractivity contribution is 6.30. The summed E-state index contributed by atoms with van der Waals surface area (Å²) >= 11 is 6.04. The number of carbonyl (C=O) groups excluding carboxylic acids is 2. The number of ether oxygens (including phenoxy) is 2. The van der Waals surface area contributed by atoms with E-state index in [-0.39, 0.29) is 38.2 Å². The van der Waals surface area contributed by atoms with Gasteiger partial charge in [-0.2, -0.15) is 13.2 Å². The Hall–Kier alpha value is -3.72. The summed E-state index contributed by atoms with van der Waals surface area (Å²) in [5.41, 5.74) is 0.665. The minimum Gasteiger partial charge on any atom is -0.454 e. The van der Waals surface area contributed by atoms with Gasteiger partial charge in [0.2, 0.25) is 12.7 Å². The molecule has 0 aromatic heterocycles. The molecule has 0 aliphatic carbocycles. The van der Waals surface area contributed by atoms with Crippen LogP contribution in [-0.2, 0) is 17.5 Å². The number of alkyl halides is 3. The number of halogens is 4. The van der Waals surface area contributed by atoms with Crippen LogP contribution in [0.3, 0.4) is 0 Å². The lowest BCUT2D eigenvalue weighted by Crippen LogP contribution is -2.35. The van der Waals surface area contributed by atoms with E-state index in [0.717, 1.165) is 17.7 Å². The number of rotatable bonds is 5. The van der Waals surface area contributed by atoms with Gasteiger partial charge in [-0.05, 0) is 47.5 Å². The molecule has 5 rings (SSSR count). The maximum atomic E-state index is 13.4. The second-order valence-electron chi connectivity index (χ2n) is 8.96. The van der Waals surface area contributed by atoms with Crippen LogP contribution in [0.25, 0.3) is 0 Å². The molecule has 3 aromatic carbocycles. The van der Waals surface area contributed by atoms with Gasteiger partial charge in [0, 0.05) is 36.1 Å². The lowest BCUT2D eigenvalue weighted by atomic mass is 9.87. The fourth-order valence-electron chi connectivity index (χ4n) is 4.69. The molecule has 10 heteroatoms. The van der Waals surface area contributed by atoms with Crippen LogP contribution in [0.1, 0.15) is 33.0 Å². The van der Waals surface area contributed by atoms with E-state index >= 15 is 0 Å². The third-order valence-electron chi connectivity index (χ3n) is 6.56. The average molecular weight is 531 g/mol. The summed E-state index contributed by atoms with van der Waals surface area (Å²) in [6, 6.07) is 16.6. The van der Waals surface area contributed by atoms with Crippen LogP contribution >= 0.6 is 11.6 Å². The molecule has 0 radical (unpaired) electrons. The number of carbonyl (C=O) groups is 2. The molecule has 0 bridgehead atoms. The third kappa shape index (κ3) is 5.36. The molecule has 3 aromatic rings. The van der Waals surface area contributed by atoms with Crippen LogP contribution < -0.4 is 14.8 Å². The van der Waals surface area contributed by atoms with E-state index in [2.05, 4.69) is 5.32 Å². The summed E-state index contributed by atoms with van der Waals surface area (Å²) in [6.07, 6.45) is -4.53. The first kappa shape index (κ1) is 25.0. The summed E-state index contributed by atoms with van der Waals surface area (Å²) in [7, 11) is 0. The lowest BCUT2D eigenvalue weighted by Gasteiger charge is -2.19. The zero-order chi connectivity index (χ0) is 26.2. The SMILES string of the molecule is O=C(NCc1ccc2c(c1)OCO2)[C@@H]1CN(C(=O)c2cccc(Cl)c2)C[C@H]1c1cccc(C(F)(F)F)c1. The maximum Gasteiger partial charge on any atom is 0.416 e. The summed E-state index contributed by atoms with van der Waals surface area (Å²) in [6.45, 7) is 0.458. The molecule has 2 aliphatic rings. The Morgan fingerprint density at radius 2 is 1.76 bits per heavy atom. The van der Waals surface area contributed by atoms with Gasteiger partial charge >= 0.3 is 6.18 Å². The summed E-state index contributed by atoms with van der Waals surface area (Å²) in [4.78, 5) is 28.0. The van der Waals surface area contributed by atoms with Crippen LogP contribution in [0.15, 0.2) is 66.7 Å². The largest absolute Gasteiger partial charge is 0.454 e. The quantitative estimate of drug-likeness (QED) is 0.489. The number of amides is 2. The predicted octanol–water partition coefficient (Wildman–Crippen LogP) is 5.26. The first-order valence-electron chi connectivity index (χ1n) is 11.6. The van der Waals surface area contributed by atoms with Crippen LogP contribution in [-0.4, -0.2) is 36.6 Å². The van der Waals surface area contributed by atoms with Crippen LogP contribution in [0.4, 0.5) is 13.2 Å². The Kier molecular flexibility index (Phi) is 6.72. The van der Waals surface area contributed by atoms with Gasteiger partial charge in [-0.3, -0.25) is 9.59 Å². The monoisotopic (exact) mass is 530 g/mol. The number of nitrogens with one attached hydrogen (secondary N) is 1. The van der Waals surface area contributed by atoms with E-state index < -0.39 is 23.6 Å². The zero-order valence-electron chi connectivity index (χ0n) is 19.4. The molecular formula is C27H22ClF3N2O4. The van der Waals surface area contributed by atoms with E-state index in [1.807, 2.05) is 0 Å². The molecule has 1 N–H and O–H groups in total. The fourth-order valence-corrected chi connectivity index (χ4v) is 4.88. The Bertz CT molecular complexity index is 1350. The summed E-state index contributed by atoms with van der Waals surface area (Å²) in [5, 5.41) is 3.25. The molecule has 0 saturated carbocycles. The Morgan fingerprint density at radius 1 is 0.973 bits per heavy atom. The normalized spacial score (nSPS) is 18.6. The number of nitrogens with zero attached hydrogens (tertiary/aromatic N) is 1. The fraction of sp³-hybridized carbons (Fsp3) is 0.259. The predicted molar refractivity (Wildman–Crippen MR) is 129 cm³/mol. The van der Waals surface area contributed by atoms with Gasteiger partial charge < -0.3 is 19.7 Å². The van der Waals surface area contributed by atoms with Gasteiger partial charge in [0.15, 0.2) is 11.5 Å². The minimum absolute atomic E-state index is 0.0548. The van der Waals surface area contributed by atoms with Crippen LogP contribution in [0.2, 0.25) is 5.02 Å². The first-order chi connectivity index (χ1) is 17.7. The van der Waals surface area contributed by atoms with Gasteiger partial charge in [-0.1, -0.05) is 41.9 Å². The average Bonchev–Trinajstić information content (AvgIpc) is 3.54. The second kappa shape index (κ2) is 9.97. The van der Waals surface area contributed by atoms with Crippen molar-refractivity contribution in [3.8, 4) is 11.5 Å². The standard InChI is InChI=1S/C27H22ClF3N2O4/c28-20-6-2-4-18(11-20)26(35)33-13-21(17-3-1-5-19(10-17)27(29,30)31)22(14-33)25(34)32-12-16-7-8-23-24(9-16)37-15-36-23/h1-11,21-22H,12-15H2,(H,32,34)/t21-,22+/m0/s1. The molecule has 6 nitrogen and oxygen atoms in total. The molecule has 2 amide bonds. The molecule has 192 valence electrons. The molecule has 2 aliphatic heterocycles. The van der Waals surface area contributed by atoms with Gasteiger partial charge in [-0.25, -0.2) is 0 Å². The van der Waals surface area contributed by atoms with E-state index in [1.165, 1.54) is 17.0 Å². The number of benzene rings is 3. The highest BCUT2D eigenvalue weighted by Crippen LogP contribution is 2.37. The number of fused-ring (bicyclic) bond motifs is 1. The number of likely N-dealkylation sites (tertiary alicyclic amines) is 1. The number of hydrogen-bond donors (Lipinski definition) is 1. The third-order valence-corrected chi connectivity index (χ3v) is 6.80. The van der Waals surface area contributed by atoms with Crippen molar-refractivity contribution in [3.63, 3.8) is 0 Å². The van der Waals surface area contributed by atoms with Crippen molar-refractivity contribution in [2.75, 3.05) is 19.9 Å². The lowest BCUT2D eigenvalue weighted by molar-refractivity contribution is -0.137. The Morgan fingerprint density at radius 3 is 2.54 bits per heavy atom. The van der Waals surface area contributed by atoms with Crippen molar-refractivity contribution in [2.24, 2.45) is 5.92 Å². The maximum absolute atomic E-state index is 13.4. The Balaban J connectivity index is 1.38. The minimum atomic E-state index is -4.53. The summed E-state index contributed by atoms with van der Waals surface area (Å²) < 4.78 is 50.9. The smallest absolute Gasteiger partial charge is 0.416 e. The second-order valence-corrected chi connectivity index (χ2v) is 9.40. The molecule has 0 spiro atoms. The van der Waals surface area contributed by atoms with E-state index in [0.29, 0.717) is 27.6 Å². The van der Waals surface area contributed by atoms with Crippen molar-refractivity contribution in [2.45, 2.75) is 18.6 Å². The van der Waals surface area contributed by atoms with E-state index in [9.17, 15) is 22.8 Å². The molecule has 37 heavy (non-hydrogen) atoms. The Labute approximate surface area is 215 Å². The van der Waals surface area contributed by atoms with Crippen molar-refractivity contribution >= 4 is 23.4 Å². The molecule has 1 saturated heterocycles. The highest BCUT2D eigenvalue weighted by atomic mass is 35.5. The zero-order valence-corrected chi connectivity index (χ0v) is 20.2. The van der Waals surface area contributed by atoms with E-state index in [4.69, 9.17) is 21.1 Å². The van der Waals surface area contributed by atoms with Crippen LogP contribution in [0.5, 0.6) is 11.5 Å². The molecule has 2 heterocycles. The number of hydrogen-bond acceptors (Lipinski definition) is 4. The van der Waals surface area contributed by atoms with Crippen LogP contribution in [0, 0.1) is 5.92 Å². The van der Waals surface area contributed by atoms with Gasteiger partial charge in [0.05, 0.1) is 11.5 Å². The topological polar surface area (TPSA) is 67.9 Å².